The van der Waals surface area contributed by atoms with E-state index in [1.165, 1.54) is 0 Å². The number of ether oxygens (including phenoxy) is 2. The van der Waals surface area contributed by atoms with Crippen LogP contribution in [-0.4, -0.2) is 89.1 Å². The molecule has 29 heavy (non-hydrogen) atoms. The Hall–Kier alpha value is -1.17. The van der Waals surface area contributed by atoms with Gasteiger partial charge in [0.05, 0.1) is 12.7 Å². The van der Waals surface area contributed by atoms with Crippen LogP contribution in [0.2, 0.25) is 0 Å². The molecule has 1 saturated heterocycles. The van der Waals surface area contributed by atoms with Crippen LogP contribution in [0.15, 0.2) is 23.3 Å². The smallest absolute Gasteiger partial charge is 0.191 e. The first-order valence-electron chi connectivity index (χ1n) is 10.1. The summed E-state index contributed by atoms with van der Waals surface area (Å²) in [5.74, 6) is 1.81. The lowest BCUT2D eigenvalue weighted by Gasteiger charge is -2.32. The highest BCUT2D eigenvalue weighted by molar-refractivity contribution is 14.0. The minimum atomic E-state index is 0. The average molecular weight is 520 g/mol. The number of anilines is 1. The molecule has 0 radical (unpaired) electrons. The van der Waals surface area contributed by atoms with Crippen molar-refractivity contribution in [3.63, 3.8) is 0 Å². The Bertz CT molecular complexity index is 587. The van der Waals surface area contributed by atoms with Gasteiger partial charge in [-0.15, -0.1) is 24.0 Å². The zero-order chi connectivity index (χ0) is 20.2. The molecule has 1 atom stereocenters. The molecule has 8 nitrogen and oxygen atoms in total. The van der Waals surface area contributed by atoms with Crippen molar-refractivity contribution in [1.82, 2.24) is 20.5 Å². The van der Waals surface area contributed by atoms with Gasteiger partial charge in [-0.25, -0.2) is 4.98 Å². The highest BCUT2D eigenvalue weighted by Crippen LogP contribution is 2.15. The van der Waals surface area contributed by atoms with Crippen LogP contribution in [0.3, 0.4) is 0 Å². The predicted molar refractivity (Wildman–Crippen MR) is 129 cm³/mol. The van der Waals surface area contributed by atoms with Gasteiger partial charge in [0.1, 0.15) is 5.82 Å². The molecule has 2 N–H and O–H groups in total. The lowest BCUT2D eigenvalue weighted by Crippen LogP contribution is -2.41. The molecule has 0 aliphatic carbocycles. The number of guanidine groups is 1. The summed E-state index contributed by atoms with van der Waals surface area (Å²) >= 11 is 0. The van der Waals surface area contributed by atoms with Gasteiger partial charge in [-0.2, -0.15) is 0 Å². The number of halogens is 1. The van der Waals surface area contributed by atoms with Gasteiger partial charge in [0.15, 0.2) is 5.96 Å². The van der Waals surface area contributed by atoms with E-state index in [1.807, 2.05) is 6.20 Å². The zero-order valence-electron chi connectivity index (χ0n) is 18.2. The second-order valence-corrected chi connectivity index (χ2v) is 7.15. The Balaban J connectivity index is 0.00000420. The quantitative estimate of drug-likeness (QED) is 0.210. The summed E-state index contributed by atoms with van der Waals surface area (Å²) in [4.78, 5) is 13.5. The largest absolute Gasteiger partial charge is 0.385 e. The Kier molecular flexibility index (Phi) is 13.2. The maximum absolute atomic E-state index is 5.59. The molecule has 0 saturated carbocycles. The van der Waals surface area contributed by atoms with Gasteiger partial charge >= 0.3 is 0 Å². The zero-order valence-corrected chi connectivity index (χ0v) is 20.5. The van der Waals surface area contributed by atoms with E-state index < -0.39 is 0 Å². The van der Waals surface area contributed by atoms with Gasteiger partial charge in [-0.1, -0.05) is 6.07 Å². The summed E-state index contributed by atoms with van der Waals surface area (Å²) < 4.78 is 10.7. The summed E-state index contributed by atoms with van der Waals surface area (Å²) in [5.41, 5.74) is 1.13. The second kappa shape index (κ2) is 14.8. The highest BCUT2D eigenvalue weighted by atomic mass is 127. The number of morpholine rings is 1. The fraction of sp³-hybridized carbons (Fsp3) is 0.700. The molecule has 0 spiro atoms. The molecular formula is C20H37IN6O2. The fourth-order valence-electron chi connectivity index (χ4n) is 3.10. The lowest BCUT2D eigenvalue weighted by atomic mass is 10.2. The van der Waals surface area contributed by atoms with Crippen molar-refractivity contribution in [2.75, 3.05) is 72.0 Å². The summed E-state index contributed by atoms with van der Waals surface area (Å²) in [7, 11) is 5.65. The molecule has 0 bridgehead atoms. The van der Waals surface area contributed by atoms with Crippen molar-refractivity contribution in [3.05, 3.63) is 23.9 Å². The van der Waals surface area contributed by atoms with Crippen LogP contribution in [0.5, 0.6) is 0 Å². The number of hydrogen-bond donors (Lipinski definition) is 2. The third-order valence-corrected chi connectivity index (χ3v) is 4.73. The van der Waals surface area contributed by atoms with Crippen LogP contribution in [-0.2, 0) is 16.0 Å². The van der Waals surface area contributed by atoms with Crippen molar-refractivity contribution >= 4 is 35.8 Å². The number of likely N-dealkylation sites (N-methyl/N-ethyl adjacent to an activating group) is 1. The third-order valence-electron chi connectivity index (χ3n) is 4.73. The molecule has 1 aromatic heterocycles. The summed E-state index contributed by atoms with van der Waals surface area (Å²) in [5, 5.41) is 6.70. The van der Waals surface area contributed by atoms with Crippen LogP contribution in [0.1, 0.15) is 18.9 Å². The number of aliphatic imine (C=N–C) groups is 1. The molecule has 2 heterocycles. The Labute approximate surface area is 192 Å². The van der Waals surface area contributed by atoms with Gasteiger partial charge in [0, 0.05) is 66.2 Å². The number of nitrogens with one attached hydrogen (secondary N) is 2. The summed E-state index contributed by atoms with van der Waals surface area (Å²) in [6, 6.07) is 4.20. The number of pyridine rings is 1. The molecule has 9 heteroatoms. The fourth-order valence-corrected chi connectivity index (χ4v) is 3.10. The Morgan fingerprint density at radius 2 is 2.21 bits per heavy atom. The number of aromatic nitrogens is 1. The topological polar surface area (TPSA) is 74.2 Å². The first-order chi connectivity index (χ1) is 13.6. The minimum Gasteiger partial charge on any atom is -0.385 e. The van der Waals surface area contributed by atoms with Crippen molar-refractivity contribution in [3.8, 4) is 0 Å². The van der Waals surface area contributed by atoms with E-state index in [-0.39, 0.29) is 30.1 Å². The van der Waals surface area contributed by atoms with E-state index in [9.17, 15) is 0 Å². The third kappa shape index (κ3) is 9.92. The van der Waals surface area contributed by atoms with Crippen molar-refractivity contribution in [2.24, 2.45) is 4.99 Å². The summed E-state index contributed by atoms with van der Waals surface area (Å²) in [6.07, 6.45) is 3.23. The van der Waals surface area contributed by atoms with E-state index in [0.717, 1.165) is 69.7 Å². The minimum absolute atomic E-state index is 0. The van der Waals surface area contributed by atoms with E-state index >= 15 is 0 Å². The van der Waals surface area contributed by atoms with Crippen molar-refractivity contribution in [1.29, 1.82) is 0 Å². The van der Waals surface area contributed by atoms with E-state index in [2.05, 4.69) is 56.5 Å². The Morgan fingerprint density at radius 1 is 1.38 bits per heavy atom. The van der Waals surface area contributed by atoms with Gasteiger partial charge < -0.3 is 29.9 Å². The average Bonchev–Trinajstić information content (AvgIpc) is 2.71. The first-order valence-corrected chi connectivity index (χ1v) is 10.1. The molecule has 0 amide bonds. The van der Waals surface area contributed by atoms with E-state index in [4.69, 9.17) is 9.47 Å². The maximum Gasteiger partial charge on any atom is 0.191 e. The van der Waals surface area contributed by atoms with Gasteiger partial charge in [0.2, 0.25) is 0 Å². The molecule has 1 unspecified atom stereocenters. The lowest BCUT2D eigenvalue weighted by molar-refractivity contribution is 0.0529. The first kappa shape index (κ1) is 25.9. The van der Waals surface area contributed by atoms with Crippen molar-refractivity contribution in [2.45, 2.75) is 26.0 Å². The molecular weight excluding hydrogens is 483 g/mol. The number of methoxy groups -OCH3 is 1. The molecule has 1 aliphatic rings. The van der Waals surface area contributed by atoms with Crippen LogP contribution in [0.4, 0.5) is 5.82 Å². The van der Waals surface area contributed by atoms with Crippen molar-refractivity contribution < 1.29 is 9.47 Å². The van der Waals surface area contributed by atoms with Gasteiger partial charge in [-0.3, -0.25) is 4.99 Å². The number of hydrogen-bond acceptors (Lipinski definition) is 6. The Morgan fingerprint density at radius 3 is 2.86 bits per heavy atom. The molecule has 166 valence electrons. The monoisotopic (exact) mass is 520 g/mol. The SMILES string of the molecule is CN=C(NCCN(C)CCCOC)NCc1ccc(N2CCOC(C)C2)nc1.I. The predicted octanol–water partition coefficient (Wildman–Crippen LogP) is 1.56. The van der Waals surface area contributed by atoms with Crippen LogP contribution < -0.4 is 15.5 Å². The molecule has 2 rings (SSSR count). The van der Waals surface area contributed by atoms with Crippen LogP contribution in [0.25, 0.3) is 0 Å². The second-order valence-electron chi connectivity index (χ2n) is 7.15. The highest BCUT2D eigenvalue weighted by Gasteiger charge is 2.17. The molecule has 0 aromatic carbocycles. The normalized spacial score (nSPS) is 17.2. The summed E-state index contributed by atoms with van der Waals surface area (Å²) in [6.45, 7) is 8.97. The standard InChI is InChI=1S/C20H36N6O2.HI/c1-17-16-26(11-13-28-17)19-7-6-18(14-23-19)15-24-20(21-2)22-8-10-25(3)9-5-12-27-4;/h6-7,14,17H,5,8-13,15-16H2,1-4H3,(H2,21,22,24);1H. The number of nitrogens with zero attached hydrogens (tertiary/aromatic N) is 4. The van der Waals surface area contributed by atoms with E-state index in [1.54, 1.807) is 14.2 Å². The number of rotatable bonds is 10. The van der Waals surface area contributed by atoms with Gasteiger partial charge in [0.25, 0.3) is 0 Å². The maximum atomic E-state index is 5.59. The molecule has 1 aromatic rings. The van der Waals surface area contributed by atoms with Gasteiger partial charge in [-0.05, 0) is 32.0 Å². The molecule has 1 aliphatic heterocycles. The van der Waals surface area contributed by atoms with Crippen LogP contribution >= 0.6 is 24.0 Å². The van der Waals surface area contributed by atoms with E-state index in [0.29, 0.717) is 6.54 Å². The van der Waals surface area contributed by atoms with Crippen LogP contribution in [0, 0.1) is 0 Å². The molecule has 1 fully saturated rings.